The van der Waals surface area contributed by atoms with Gasteiger partial charge in [0.25, 0.3) is 0 Å². The minimum atomic E-state index is -3.43. The number of rotatable bonds is 3. The molecule has 3 atom stereocenters. The van der Waals surface area contributed by atoms with Crippen molar-refractivity contribution in [3.05, 3.63) is 0 Å². The van der Waals surface area contributed by atoms with Gasteiger partial charge in [0.2, 0.25) is 15.9 Å². The smallest absolute Gasteiger partial charge is 0.324 e. The average molecular weight is 329 g/mol. The Morgan fingerprint density at radius 3 is 2.41 bits per heavy atom. The first kappa shape index (κ1) is 15.7. The van der Waals surface area contributed by atoms with Crippen LogP contribution in [-0.2, 0) is 14.8 Å². The summed E-state index contributed by atoms with van der Waals surface area (Å²) < 4.78 is 27.9. The normalized spacial score (nSPS) is 34.6. The van der Waals surface area contributed by atoms with Crippen LogP contribution < -0.4 is 4.72 Å². The molecule has 0 aromatic rings. The van der Waals surface area contributed by atoms with Gasteiger partial charge < -0.3 is 4.90 Å². The number of hydrogen-bond acceptors (Lipinski definition) is 4. The van der Waals surface area contributed by atoms with Crippen molar-refractivity contribution in [3.63, 3.8) is 0 Å². The van der Waals surface area contributed by atoms with Crippen LogP contribution in [0.1, 0.15) is 39.0 Å². The number of urea groups is 1. The molecule has 2 aliphatic carbocycles. The highest BCUT2D eigenvalue weighted by molar-refractivity contribution is 7.90. The van der Waals surface area contributed by atoms with E-state index in [0.717, 1.165) is 17.7 Å². The van der Waals surface area contributed by atoms with Crippen molar-refractivity contribution in [3.8, 4) is 0 Å². The van der Waals surface area contributed by atoms with Crippen LogP contribution in [0, 0.1) is 5.92 Å². The first-order chi connectivity index (χ1) is 10.1. The number of nitrogens with one attached hydrogen (secondary N) is 1. The maximum Gasteiger partial charge on any atom is 0.326 e. The van der Waals surface area contributed by atoms with Crippen LogP contribution in [0.5, 0.6) is 0 Å². The number of sulfonamides is 1. The molecule has 0 radical (unpaired) electrons. The second-order valence-corrected chi connectivity index (χ2v) is 9.07. The van der Waals surface area contributed by atoms with E-state index in [9.17, 15) is 18.0 Å². The first-order valence-electron chi connectivity index (χ1n) is 7.72. The Hall–Kier alpha value is -1.15. The third-order valence-electron chi connectivity index (χ3n) is 5.33. The summed E-state index contributed by atoms with van der Waals surface area (Å²) in [6, 6.07) is -0.490. The minimum absolute atomic E-state index is 0.181. The SMILES string of the molecule is CN1C(=O)C2CC(S(=O)(=O)NC3(C)CC3)CCC2N(C)C1=O. The lowest BCUT2D eigenvalue weighted by Gasteiger charge is -2.45. The highest BCUT2D eigenvalue weighted by atomic mass is 32.2. The van der Waals surface area contributed by atoms with E-state index >= 15 is 0 Å². The van der Waals surface area contributed by atoms with Crippen LogP contribution in [-0.4, -0.2) is 61.1 Å². The molecule has 3 rings (SSSR count). The zero-order valence-corrected chi connectivity index (χ0v) is 14.0. The third-order valence-corrected chi connectivity index (χ3v) is 7.41. The molecular formula is C14H23N3O4S. The van der Waals surface area contributed by atoms with Crippen molar-refractivity contribution < 1.29 is 18.0 Å². The quantitative estimate of drug-likeness (QED) is 0.818. The molecule has 3 fully saturated rings. The van der Waals surface area contributed by atoms with Crippen LogP contribution in [0.4, 0.5) is 4.79 Å². The van der Waals surface area contributed by atoms with E-state index in [1.54, 1.807) is 11.9 Å². The summed E-state index contributed by atoms with van der Waals surface area (Å²) in [7, 11) is -0.286. The molecule has 0 spiro atoms. The van der Waals surface area contributed by atoms with Gasteiger partial charge in [-0.2, -0.15) is 0 Å². The highest BCUT2D eigenvalue weighted by Gasteiger charge is 2.50. The van der Waals surface area contributed by atoms with Crippen molar-refractivity contribution in [2.45, 2.75) is 55.9 Å². The molecule has 22 heavy (non-hydrogen) atoms. The van der Waals surface area contributed by atoms with Gasteiger partial charge in [0, 0.05) is 25.7 Å². The van der Waals surface area contributed by atoms with Crippen LogP contribution in [0.15, 0.2) is 0 Å². The molecule has 1 saturated heterocycles. The summed E-state index contributed by atoms with van der Waals surface area (Å²) in [6.45, 7) is 1.90. The number of nitrogens with zero attached hydrogens (tertiary/aromatic N) is 2. The molecule has 3 unspecified atom stereocenters. The fourth-order valence-electron chi connectivity index (χ4n) is 3.56. The number of carbonyl (C=O) groups is 2. The maximum atomic E-state index is 12.5. The summed E-state index contributed by atoms with van der Waals surface area (Å²) in [5.74, 6) is -0.680. The Morgan fingerprint density at radius 1 is 1.18 bits per heavy atom. The van der Waals surface area contributed by atoms with Crippen molar-refractivity contribution in [1.82, 2.24) is 14.5 Å². The number of fused-ring (bicyclic) bond motifs is 1. The Balaban J connectivity index is 1.77. The number of hydrogen-bond donors (Lipinski definition) is 1. The van der Waals surface area contributed by atoms with Crippen molar-refractivity contribution >= 4 is 22.0 Å². The van der Waals surface area contributed by atoms with Gasteiger partial charge in [0.05, 0.1) is 11.2 Å². The second kappa shape index (κ2) is 4.92. The molecule has 3 aliphatic rings. The summed E-state index contributed by atoms with van der Waals surface area (Å²) in [6.07, 6.45) is 3.06. The number of amides is 3. The Bertz CT molecular complexity index is 614. The zero-order valence-electron chi connectivity index (χ0n) is 13.2. The van der Waals surface area contributed by atoms with Gasteiger partial charge in [-0.15, -0.1) is 0 Å². The summed E-state index contributed by atoms with van der Waals surface area (Å²) in [5.41, 5.74) is -0.296. The molecule has 0 bridgehead atoms. The summed E-state index contributed by atoms with van der Waals surface area (Å²) in [5, 5.41) is -0.551. The van der Waals surface area contributed by atoms with Gasteiger partial charge in [-0.3, -0.25) is 9.69 Å². The van der Waals surface area contributed by atoms with E-state index in [4.69, 9.17) is 0 Å². The van der Waals surface area contributed by atoms with Crippen molar-refractivity contribution in [2.75, 3.05) is 14.1 Å². The van der Waals surface area contributed by atoms with Crippen molar-refractivity contribution in [1.29, 1.82) is 0 Å². The molecule has 7 nitrogen and oxygen atoms in total. The molecule has 0 aromatic carbocycles. The number of carbonyl (C=O) groups excluding carboxylic acids is 2. The largest absolute Gasteiger partial charge is 0.326 e. The first-order valence-corrected chi connectivity index (χ1v) is 9.26. The summed E-state index contributed by atoms with van der Waals surface area (Å²) in [4.78, 5) is 27.0. The van der Waals surface area contributed by atoms with Gasteiger partial charge in [-0.1, -0.05) is 0 Å². The molecule has 1 heterocycles. The lowest BCUT2D eigenvalue weighted by molar-refractivity contribution is -0.138. The molecule has 3 amide bonds. The molecule has 2 saturated carbocycles. The molecule has 124 valence electrons. The van der Waals surface area contributed by atoms with E-state index < -0.39 is 21.2 Å². The van der Waals surface area contributed by atoms with Crippen LogP contribution in [0.25, 0.3) is 0 Å². The monoisotopic (exact) mass is 329 g/mol. The fraction of sp³-hybridized carbons (Fsp3) is 0.857. The third kappa shape index (κ3) is 2.52. The standard InChI is InChI=1S/C14H23N3O4S/c1-14(6-7-14)15-22(20,21)9-4-5-11-10(8-9)12(18)17(3)13(19)16(11)2/h9-11,15H,4-8H2,1-3H3. The van der Waals surface area contributed by atoms with Crippen LogP contribution in [0.3, 0.4) is 0 Å². The minimum Gasteiger partial charge on any atom is -0.324 e. The zero-order chi connectivity index (χ0) is 16.3. The molecule has 0 aromatic heterocycles. The lowest BCUT2D eigenvalue weighted by atomic mass is 9.81. The van der Waals surface area contributed by atoms with Crippen LogP contribution >= 0.6 is 0 Å². The maximum absolute atomic E-state index is 12.5. The van der Waals surface area contributed by atoms with E-state index in [1.807, 2.05) is 6.92 Å². The van der Waals surface area contributed by atoms with Gasteiger partial charge in [0.15, 0.2) is 0 Å². The highest BCUT2D eigenvalue weighted by Crippen LogP contribution is 2.39. The van der Waals surface area contributed by atoms with E-state index in [-0.39, 0.29) is 29.9 Å². The molecule has 8 heteroatoms. The van der Waals surface area contributed by atoms with Gasteiger partial charge >= 0.3 is 6.03 Å². The predicted octanol–water partition coefficient (Wildman–Crippen LogP) is 0.519. The second-order valence-electron chi connectivity index (χ2n) is 7.11. The topological polar surface area (TPSA) is 86.8 Å². The van der Waals surface area contributed by atoms with Crippen molar-refractivity contribution in [2.24, 2.45) is 5.92 Å². The average Bonchev–Trinajstić information content (AvgIpc) is 3.18. The lowest BCUT2D eigenvalue weighted by Crippen LogP contribution is -2.61. The van der Waals surface area contributed by atoms with E-state index in [0.29, 0.717) is 12.8 Å². The fourth-order valence-corrected chi connectivity index (χ4v) is 5.53. The van der Waals surface area contributed by atoms with E-state index in [1.165, 1.54) is 7.05 Å². The van der Waals surface area contributed by atoms with Gasteiger partial charge in [-0.05, 0) is 39.0 Å². The Labute approximate surface area is 131 Å². The van der Waals surface area contributed by atoms with Gasteiger partial charge in [-0.25, -0.2) is 17.9 Å². The Morgan fingerprint density at radius 2 is 1.82 bits per heavy atom. The van der Waals surface area contributed by atoms with Gasteiger partial charge in [0.1, 0.15) is 0 Å². The number of imide groups is 1. The predicted molar refractivity (Wildman–Crippen MR) is 80.5 cm³/mol. The molecule has 1 aliphatic heterocycles. The summed E-state index contributed by atoms with van der Waals surface area (Å²) >= 11 is 0. The molecular weight excluding hydrogens is 306 g/mol. The molecule has 1 N–H and O–H groups in total. The Kier molecular flexibility index (Phi) is 3.52. The van der Waals surface area contributed by atoms with Crippen LogP contribution in [0.2, 0.25) is 0 Å². The van der Waals surface area contributed by atoms with E-state index in [2.05, 4.69) is 4.72 Å².